The summed E-state index contributed by atoms with van der Waals surface area (Å²) in [6.07, 6.45) is 1.81. The van der Waals surface area contributed by atoms with Crippen LogP contribution in [0.1, 0.15) is 34.1 Å². The molecule has 0 bridgehead atoms. The van der Waals surface area contributed by atoms with Crippen LogP contribution in [0.4, 0.5) is 5.69 Å². The lowest BCUT2D eigenvalue weighted by Gasteiger charge is -2.38. The monoisotopic (exact) mass is 477 g/mol. The lowest BCUT2D eigenvalue weighted by molar-refractivity contribution is 0.0667. The second-order valence-electron chi connectivity index (χ2n) is 8.68. The molecule has 1 aromatic heterocycles. The highest BCUT2D eigenvalue weighted by Crippen LogP contribution is 2.39. The van der Waals surface area contributed by atoms with E-state index < -0.39 is 6.17 Å². The van der Waals surface area contributed by atoms with Gasteiger partial charge in [-0.25, -0.2) is 0 Å². The number of hydrogen-bond donors (Lipinski definition) is 1. The van der Waals surface area contributed by atoms with Gasteiger partial charge in [-0.15, -0.1) is 0 Å². The minimum Gasteiger partial charge on any atom is -0.454 e. The smallest absolute Gasteiger partial charge is 0.258 e. The zero-order chi connectivity index (χ0) is 24.5. The van der Waals surface area contributed by atoms with E-state index in [9.17, 15) is 4.79 Å². The summed E-state index contributed by atoms with van der Waals surface area (Å²) in [4.78, 5) is 15.6. The molecule has 8 heteroatoms. The number of ether oxygens (including phenoxy) is 2. The topological polar surface area (TPSA) is 92.4 Å². The van der Waals surface area contributed by atoms with Crippen LogP contribution in [0.5, 0.6) is 11.5 Å². The Morgan fingerprint density at radius 3 is 2.69 bits per heavy atom. The predicted molar refractivity (Wildman–Crippen MR) is 133 cm³/mol. The van der Waals surface area contributed by atoms with Crippen LogP contribution in [0.25, 0.3) is 11.3 Å². The van der Waals surface area contributed by atoms with Gasteiger partial charge in [0.2, 0.25) is 6.79 Å². The number of fused-ring (bicyclic) bond motifs is 2. The fourth-order valence-electron chi connectivity index (χ4n) is 4.67. The van der Waals surface area contributed by atoms with Crippen molar-refractivity contribution in [3.05, 3.63) is 95.7 Å². The number of nitriles is 1. The van der Waals surface area contributed by atoms with E-state index in [4.69, 9.17) is 19.8 Å². The van der Waals surface area contributed by atoms with Crippen molar-refractivity contribution < 1.29 is 14.3 Å². The normalized spacial score (nSPS) is 15.8. The second-order valence-corrected chi connectivity index (χ2v) is 8.68. The Labute approximate surface area is 208 Å². The number of aryl methyl sites for hydroxylation is 1. The Balaban J connectivity index is 1.45. The summed E-state index contributed by atoms with van der Waals surface area (Å²) in [5.41, 5.74) is 4.90. The minimum absolute atomic E-state index is 0.0733. The maximum Gasteiger partial charge on any atom is 0.258 e. The van der Waals surface area contributed by atoms with Crippen LogP contribution in [0.2, 0.25) is 0 Å². The van der Waals surface area contributed by atoms with E-state index in [0.717, 1.165) is 28.1 Å². The van der Waals surface area contributed by atoms with Gasteiger partial charge in [0, 0.05) is 29.6 Å². The van der Waals surface area contributed by atoms with Gasteiger partial charge in [-0.05, 0) is 29.8 Å². The maximum atomic E-state index is 13.8. The van der Waals surface area contributed by atoms with E-state index in [2.05, 4.69) is 11.4 Å². The summed E-state index contributed by atoms with van der Waals surface area (Å²) in [7, 11) is 0. The molecule has 3 heterocycles. The van der Waals surface area contributed by atoms with Gasteiger partial charge >= 0.3 is 0 Å². The molecular formula is C28H23N5O3. The minimum atomic E-state index is -0.469. The molecule has 0 saturated heterocycles. The van der Waals surface area contributed by atoms with Crippen molar-refractivity contribution in [2.45, 2.75) is 25.7 Å². The highest BCUT2D eigenvalue weighted by molar-refractivity contribution is 6.01. The fourth-order valence-corrected chi connectivity index (χ4v) is 4.67. The number of benzene rings is 3. The summed E-state index contributed by atoms with van der Waals surface area (Å²) in [5.74, 6) is 1.31. The van der Waals surface area contributed by atoms with Gasteiger partial charge in [-0.1, -0.05) is 48.5 Å². The summed E-state index contributed by atoms with van der Waals surface area (Å²) in [6, 6.07) is 25.4. The number of rotatable bonds is 6. The van der Waals surface area contributed by atoms with Crippen LogP contribution in [0.15, 0.2) is 79.0 Å². The van der Waals surface area contributed by atoms with Gasteiger partial charge in [0.05, 0.1) is 30.3 Å². The van der Waals surface area contributed by atoms with E-state index >= 15 is 0 Å². The SMILES string of the molecule is N#CCCn1cc(C2Nc3ccccc3C(=O)N2Cc2ccc3c(c2)OCO3)c(-c2ccccc2)n1. The Morgan fingerprint density at radius 1 is 1.03 bits per heavy atom. The number of para-hydroxylation sites is 1. The van der Waals surface area contributed by atoms with Crippen molar-refractivity contribution in [2.24, 2.45) is 0 Å². The summed E-state index contributed by atoms with van der Waals surface area (Å²) in [6.45, 7) is 1.02. The Bertz CT molecular complexity index is 1470. The molecule has 2 aliphatic heterocycles. The van der Waals surface area contributed by atoms with Gasteiger partial charge in [-0.2, -0.15) is 10.4 Å². The Morgan fingerprint density at radius 2 is 1.83 bits per heavy atom. The number of carbonyl (C=O) groups is 1. The van der Waals surface area contributed by atoms with Crippen LogP contribution in [-0.2, 0) is 13.1 Å². The van der Waals surface area contributed by atoms with Gasteiger partial charge in [-0.3, -0.25) is 9.48 Å². The van der Waals surface area contributed by atoms with E-state index in [0.29, 0.717) is 36.6 Å². The molecule has 6 rings (SSSR count). The molecule has 8 nitrogen and oxygen atoms in total. The zero-order valence-corrected chi connectivity index (χ0v) is 19.4. The van der Waals surface area contributed by atoms with Crippen LogP contribution in [0, 0.1) is 11.3 Å². The molecule has 1 amide bonds. The number of carbonyl (C=O) groups excluding carboxylic acids is 1. The van der Waals surface area contributed by atoms with Crippen molar-refractivity contribution in [2.75, 3.05) is 12.1 Å². The molecule has 178 valence electrons. The Kier molecular flexibility index (Phi) is 5.51. The molecule has 0 saturated carbocycles. The maximum absolute atomic E-state index is 13.8. The molecule has 0 radical (unpaired) electrons. The third-order valence-electron chi connectivity index (χ3n) is 6.40. The lowest BCUT2D eigenvalue weighted by Crippen LogP contribution is -2.42. The molecule has 2 aliphatic rings. The zero-order valence-electron chi connectivity index (χ0n) is 19.4. The first-order valence-corrected chi connectivity index (χ1v) is 11.8. The van der Waals surface area contributed by atoms with E-state index in [-0.39, 0.29) is 12.7 Å². The largest absolute Gasteiger partial charge is 0.454 e. The summed E-state index contributed by atoms with van der Waals surface area (Å²) >= 11 is 0. The standard InChI is InChI=1S/C28H23N5O3/c29-13-6-14-32-17-22(26(31-32)20-7-2-1-3-8-20)27-30-23-10-5-4-9-21(23)28(34)33(27)16-19-11-12-24-25(15-19)36-18-35-24/h1-5,7-12,15,17,27,30H,6,14,16,18H2. The molecule has 1 N–H and O–H groups in total. The summed E-state index contributed by atoms with van der Waals surface area (Å²) in [5, 5.41) is 17.5. The molecular weight excluding hydrogens is 454 g/mol. The van der Waals surface area contributed by atoms with Gasteiger partial charge in [0.15, 0.2) is 11.5 Å². The van der Waals surface area contributed by atoms with Crippen LogP contribution in [0.3, 0.4) is 0 Å². The third-order valence-corrected chi connectivity index (χ3v) is 6.40. The number of hydrogen-bond acceptors (Lipinski definition) is 6. The van der Waals surface area contributed by atoms with Crippen molar-refractivity contribution >= 4 is 11.6 Å². The van der Waals surface area contributed by atoms with Crippen LogP contribution in [-0.4, -0.2) is 27.4 Å². The van der Waals surface area contributed by atoms with Crippen LogP contribution < -0.4 is 14.8 Å². The average Bonchev–Trinajstić information content (AvgIpc) is 3.56. The quantitative estimate of drug-likeness (QED) is 0.422. The molecule has 1 unspecified atom stereocenters. The molecule has 3 aromatic carbocycles. The van der Waals surface area contributed by atoms with E-state index in [1.165, 1.54) is 0 Å². The molecule has 0 aliphatic carbocycles. The number of anilines is 1. The first-order valence-electron chi connectivity index (χ1n) is 11.8. The van der Waals surface area contributed by atoms with Crippen molar-refractivity contribution in [3.8, 4) is 28.8 Å². The molecule has 0 fully saturated rings. The fraction of sp³-hybridized carbons (Fsp3) is 0.179. The predicted octanol–water partition coefficient (Wildman–Crippen LogP) is 4.96. The average molecular weight is 478 g/mol. The summed E-state index contributed by atoms with van der Waals surface area (Å²) < 4.78 is 12.8. The van der Waals surface area contributed by atoms with Crippen molar-refractivity contribution in [1.82, 2.24) is 14.7 Å². The van der Waals surface area contributed by atoms with E-state index in [1.54, 1.807) is 4.68 Å². The number of nitrogens with one attached hydrogen (secondary N) is 1. The van der Waals surface area contributed by atoms with Crippen molar-refractivity contribution in [3.63, 3.8) is 0 Å². The highest BCUT2D eigenvalue weighted by Gasteiger charge is 2.35. The molecule has 0 spiro atoms. The number of nitrogens with zero attached hydrogens (tertiary/aromatic N) is 4. The van der Waals surface area contributed by atoms with Gasteiger partial charge in [0.1, 0.15) is 6.17 Å². The number of amides is 1. The second kappa shape index (κ2) is 9.12. The Hall–Kier alpha value is -4.77. The first kappa shape index (κ1) is 21.7. The third kappa shape index (κ3) is 3.91. The first-order chi connectivity index (χ1) is 17.7. The van der Waals surface area contributed by atoms with Gasteiger partial charge in [0.25, 0.3) is 5.91 Å². The van der Waals surface area contributed by atoms with E-state index in [1.807, 2.05) is 83.9 Å². The van der Waals surface area contributed by atoms with Gasteiger partial charge < -0.3 is 19.7 Å². The molecule has 1 atom stereocenters. The lowest BCUT2D eigenvalue weighted by atomic mass is 10.0. The molecule has 36 heavy (non-hydrogen) atoms. The van der Waals surface area contributed by atoms with Crippen LogP contribution >= 0.6 is 0 Å². The number of aromatic nitrogens is 2. The highest BCUT2D eigenvalue weighted by atomic mass is 16.7. The van der Waals surface area contributed by atoms with Crippen molar-refractivity contribution in [1.29, 1.82) is 5.26 Å². The molecule has 4 aromatic rings.